The maximum Gasteiger partial charge on any atom is 0.241 e. The van der Waals surface area contributed by atoms with Crippen molar-refractivity contribution >= 4 is 15.7 Å². The van der Waals surface area contributed by atoms with Crippen molar-refractivity contribution in [1.82, 2.24) is 4.72 Å². The molecule has 6 heteroatoms. The SMILES string of the molecule is CC(C#N)NS(=O)(=O)c1ccc2c(c1)N(C)CCC2. The van der Waals surface area contributed by atoms with Crippen LogP contribution in [0.4, 0.5) is 5.69 Å². The van der Waals surface area contributed by atoms with Crippen LogP contribution in [0.1, 0.15) is 18.9 Å². The van der Waals surface area contributed by atoms with Crippen molar-refractivity contribution in [2.75, 3.05) is 18.5 Å². The second kappa shape index (κ2) is 5.19. The fraction of sp³-hybridized carbons (Fsp3) is 0.462. The monoisotopic (exact) mass is 279 g/mol. The van der Waals surface area contributed by atoms with E-state index in [-0.39, 0.29) is 4.90 Å². The summed E-state index contributed by atoms with van der Waals surface area (Å²) in [7, 11) is -1.67. The number of aryl methyl sites for hydroxylation is 1. The molecule has 1 aromatic carbocycles. The first-order chi connectivity index (χ1) is 8.94. The van der Waals surface area contributed by atoms with Crippen LogP contribution in [0.15, 0.2) is 23.1 Å². The third kappa shape index (κ3) is 2.88. The molecule has 1 unspecified atom stereocenters. The molecule has 1 aliphatic heterocycles. The summed E-state index contributed by atoms with van der Waals surface area (Å²) in [6, 6.07) is 6.26. The fourth-order valence-electron chi connectivity index (χ4n) is 2.23. The summed E-state index contributed by atoms with van der Waals surface area (Å²) in [6.07, 6.45) is 2.06. The van der Waals surface area contributed by atoms with Crippen LogP contribution in [0.3, 0.4) is 0 Å². The third-order valence-electron chi connectivity index (χ3n) is 3.24. The van der Waals surface area contributed by atoms with E-state index in [4.69, 9.17) is 5.26 Å². The number of benzene rings is 1. The van der Waals surface area contributed by atoms with Gasteiger partial charge in [-0.15, -0.1) is 0 Å². The summed E-state index contributed by atoms with van der Waals surface area (Å²) in [4.78, 5) is 2.27. The van der Waals surface area contributed by atoms with Gasteiger partial charge in [-0.05, 0) is 37.5 Å². The van der Waals surface area contributed by atoms with E-state index in [0.717, 1.165) is 25.1 Å². The number of fused-ring (bicyclic) bond motifs is 1. The first-order valence-electron chi connectivity index (χ1n) is 6.20. The molecule has 1 atom stereocenters. The number of nitriles is 1. The Morgan fingerprint density at radius 3 is 2.89 bits per heavy atom. The Labute approximate surface area is 113 Å². The number of anilines is 1. The van der Waals surface area contributed by atoms with Crippen LogP contribution in [-0.2, 0) is 16.4 Å². The summed E-state index contributed by atoms with van der Waals surface area (Å²) in [5, 5.41) is 8.69. The number of nitrogens with one attached hydrogen (secondary N) is 1. The van der Waals surface area contributed by atoms with E-state index in [9.17, 15) is 8.42 Å². The number of hydrogen-bond donors (Lipinski definition) is 1. The van der Waals surface area contributed by atoms with E-state index in [1.165, 1.54) is 12.5 Å². The Morgan fingerprint density at radius 1 is 1.47 bits per heavy atom. The predicted octanol–water partition coefficient (Wildman–Crippen LogP) is 1.26. The van der Waals surface area contributed by atoms with Crippen LogP contribution < -0.4 is 9.62 Å². The lowest BCUT2D eigenvalue weighted by molar-refractivity contribution is 0.577. The van der Waals surface area contributed by atoms with Crippen LogP contribution in [0, 0.1) is 11.3 Å². The van der Waals surface area contributed by atoms with Gasteiger partial charge in [0.05, 0.1) is 11.0 Å². The Morgan fingerprint density at radius 2 is 2.21 bits per heavy atom. The summed E-state index contributed by atoms with van der Waals surface area (Å²) >= 11 is 0. The highest BCUT2D eigenvalue weighted by molar-refractivity contribution is 7.89. The zero-order chi connectivity index (χ0) is 14.0. The molecule has 0 fully saturated rings. The molecule has 1 N–H and O–H groups in total. The number of sulfonamides is 1. The van der Waals surface area contributed by atoms with E-state index in [2.05, 4.69) is 9.62 Å². The molecule has 0 amide bonds. The molecule has 1 heterocycles. The molecule has 2 rings (SSSR count). The summed E-state index contributed by atoms with van der Waals surface area (Å²) in [5.41, 5.74) is 2.12. The van der Waals surface area contributed by atoms with E-state index in [0.29, 0.717) is 0 Å². The topological polar surface area (TPSA) is 73.2 Å². The van der Waals surface area contributed by atoms with E-state index < -0.39 is 16.1 Å². The molecule has 0 aromatic heterocycles. The van der Waals surface area contributed by atoms with E-state index in [1.54, 1.807) is 12.1 Å². The van der Waals surface area contributed by atoms with Gasteiger partial charge in [-0.3, -0.25) is 0 Å². The molecule has 1 aliphatic rings. The Kier molecular flexibility index (Phi) is 3.78. The number of nitrogens with zero attached hydrogens (tertiary/aromatic N) is 2. The van der Waals surface area contributed by atoms with Crippen molar-refractivity contribution < 1.29 is 8.42 Å². The van der Waals surface area contributed by atoms with Gasteiger partial charge in [0.15, 0.2) is 0 Å². The van der Waals surface area contributed by atoms with Crippen molar-refractivity contribution in [3.8, 4) is 6.07 Å². The van der Waals surface area contributed by atoms with Gasteiger partial charge in [-0.2, -0.15) is 9.98 Å². The Balaban J connectivity index is 2.37. The minimum atomic E-state index is -3.63. The molecule has 1 aromatic rings. The van der Waals surface area contributed by atoms with Gasteiger partial charge >= 0.3 is 0 Å². The quantitative estimate of drug-likeness (QED) is 0.904. The van der Waals surface area contributed by atoms with E-state index >= 15 is 0 Å². The minimum absolute atomic E-state index is 0.210. The van der Waals surface area contributed by atoms with Crippen LogP contribution in [0.2, 0.25) is 0 Å². The smallest absolute Gasteiger partial charge is 0.241 e. The molecule has 5 nitrogen and oxygen atoms in total. The molecule has 0 saturated carbocycles. The van der Waals surface area contributed by atoms with Gasteiger partial charge in [0.2, 0.25) is 10.0 Å². The van der Waals surface area contributed by atoms with Crippen molar-refractivity contribution in [3.63, 3.8) is 0 Å². The second-order valence-corrected chi connectivity index (χ2v) is 6.50. The summed E-state index contributed by atoms with van der Waals surface area (Å²) in [6.45, 7) is 2.45. The standard InChI is InChI=1S/C13H17N3O2S/c1-10(9-14)15-19(17,18)12-6-5-11-4-3-7-16(2)13(11)8-12/h5-6,8,10,15H,3-4,7H2,1-2H3. The normalized spacial score (nSPS) is 16.6. The molecule has 0 radical (unpaired) electrons. The van der Waals surface area contributed by atoms with E-state index in [1.807, 2.05) is 19.2 Å². The lowest BCUT2D eigenvalue weighted by Gasteiger charge is -2.27. The lowest BCUT2D eigenvalue weighted by Crippen LogP contribution is -2.32. The largest absolute Gasteiger partial charge is 0.374 e. The van der Waals surface area contributed by atoms with Crippen molar-refractivity contribution in [3.05, 3.63) is 23.8 Å². The Bertz CT molecular complexity index is 619. The first-order valence-corrected chi connectivity index (χ1v) is 7.68. The average Bonchev–Trinajstić information content (AvgIpc) is 2.38. The van der Waals surface area contributed by atoms with Gasteiger partial charge in [0, 0.05) is 19.3 Å². The van der Waals surface area contributed by atoms with Crippen LogP contribution >= 0.6 is 0 Å². The van der Waals surface area contributed by atoms with Gasteiger partial charge in [-0.1, -0.05) is 6.07 Å². The predicted molar refractivity (Wildman–Crippen MR) is 73.4 cm³/mol. The maximum absolute atomic E-state index is 12.1. The third-order valence-corrected chi connectivity index (χ3v) is 4.78. The Hall–Kier alpha value is -1.58. The minimum Gasteiger partial charge on any atom is -0.374 e. The van der Waals surface area contributed by atoms with Crippen LogP contribution in [-0.4, -0.2) is 28.1 Å². The molecule has 0 spiro atoms. The lowest BCUT2D eigenvalue weighted by atomic mass is 10.0. The maximum atomic E-state index is 12.1. The number of rotatable bonds is 3. The second-order valence-electron chi connectivity index (χ2n) is 4.79. The highest BCUT2D eigenvalue weighted by atomic mass is 32.2. The average molecular weight is 279 g/mol. The molecular formula is C13H17N3O2S. The van der Waals surface area contributed by atoms with Crippen LogP contribution in [0.5, 0.6) is 0 Å². The molecule has 0 saturated heterocycles. The highest BCUT2D eigenvalue weighted by Gasteiger charge is 2.21. The van der Waals surface area contributed by atoms with Crippen molar-refractivity contribution in [1.29, 1.82) is 5.26 Å². The van der Waals surface area contributed by atoms with Crippen molar-refractivity contribution in [2.45, 2.75) is 30.7 Å². The summed E-state index contributed by atoms with van der Waals surface area (Å²) in [5.74, 6) is 0. The van der Waals surface area contributed by atoms with Gasteiger partial charge in [0.1, 0.15) is 6.04 Å². The highest BCUT2D eigenvalue weighted by Crippen LogP contribution is 2.28. The molecular weight excluding hydrogens is 262 g/mol. The number of hydrogen-bond acceptors (Lipinski definition) is 4. The molecule has 0 bridgehead atoms. The summed E-state index contributed by atoms with van der Waals surface area (Å²) < 4.78 is 26.6. The molecule has 0 aliphatic carbocycles. The van der Waals surface area contributed by atoms with Crippen molar-refractivity contribution in [2.24, 2.45) is 0 Å². The molecule has 102 valence electrons. The van der Waals surface area contributed by atoms with Gasteiger partial charge in [-0.25, -0.2) is 8.42 Å². The zero-order valence-electron chi connectivity index (χ0n) is 11.0. The van der Waals surface area contributed by atoms with Crippen LogP contribution in [0.25, 0.3) is 0 Å². The van der Waals surface area contributed by atoms with Gasteiger partial charge < -0.3 is 4.90 Å². The molecule has 19 heavy (non-hydrogen) atoms. The zero-order valence-corrected chi connectivity index (χ0v) is 11.9. The first kappa shape index (κ1) is 13.8. The fourth-order valence-corrected chi connectivity index (χ4v) is 3.40. The van der Waals surface area contributed by atoms with Gasteiger partial charge in [0.25, 0.3) is 0 Å².